The molecule has 0 fully saturated rings. The Morgan fingerprint density at radius 2 is 1.83 bits per heavy atom. The molecule has 0 heterocycles. The minimum absolute atomic E-state index is 0.0638. The van der Waals surface area contributed by atoms with Crippen molar-refractivity contribution in [3.05, 3.63) is 29.3 Å². The lowest BCUT2D eigenvalue weighted by molar-refractivity contribution is 0.0165. The molecule has 0 aliphatic heterocycles. The van der Waals surface area contributed by atoms with Gasteiger partial charge in [0.1, 0.15) is 5.75 Å². The lowest BCUT2D eigenvalue weighted by Crippen LogP contribution is -2.28. The topological polar surface area (TPSA) is 101 Å². The minimum atomic E-state index is -0.700. The average Bonchev–Trinajstić information content (AvgIpc) is 2.54. The van der Waals surface area contributed by atoms with E-state index in [2.05, 4.69) is 6.92 Å². The van der Waals surface area contributed by atoms with Gasteiger partial charge >= 0.3 is 0 Å². The Bertz CT molecular complexity index is 449. The van der Waals surface area contributed by atoms with Gasteiger partial charge in [-0.3, -0.25) is 0 Å². The third-order valence-corrected chi connectivity index (χ3v) is 4.30. The van der Waals surface area contributed by atoms with Crippen molar-refractivity contribution in [2.45, 2.75) is 64.3 Å². The SMILES string of the molecule is CCCCC(CO)C(O)CC(O)CCc1ccc(O)c(CO)c1. The maximum atomic E-state index is 10.1. The second-order valence-electron chi connectivity index (χ2n) is 6.20. The van der Waals surface area contributed by atoms with Crippen LogP contribution in [0.4, 0.5) is 0 Å². The van der Waals surface area contributed by atoms with Gasteiger partial charge in [-0.25, -0.2) is 0 Å². The molecule has 0 aliphatic carbocycles. The summed E-state index contributed by atoms with van der Waals surface area (Å²) in [6.45, 7) is 1.77. The van der Waals surface area contributed by atoms with Crippen molar-refractivity contribution >= 4 is 0 Å². The summed E-state index contributed by atoms with van der Waals surface area (Å²) in [7, 11) is 0. The van der Waals surface area contributed by atoms with Gasteiger partial charge in [0.15, 0.2) is 0 Å². The molecule has 3 atom stereocenters. The van der Waals surface area contributed by atoms with Crippen LogP contribution in [0, 0.1) is 5.92 Å². The van der Waals surface area contributed by atoms with Gasteiger partial charge in [0.05, 0.1) is 18.8 Å². The lowest BCUT2D eigenvalue weighted by atomic mass is 9.91. The predicted octanol–water partition coefficient (Wildman–Crippen LogP) is 1.73. The molecule has 0 aliphatic rings. The number of aryl methyl sites for hydroxylation is 1. The standard InChI is InChI=1S/C18H30O5/c1-2-3-4-14(11-19)18(23)10-16(21)7-5-13-6-8-17(22)15(9-13)12-20/h6,8-9,14,16,18-23H,2-5,7,10-12H2,1H3. The van der Waals surface area contributed by atoms with Crippen LogP contribution in [0.3, 0.4) is 0 Å². The number of hydrogen-bond acceptors (Lipinski definition) is 5. The quantitative estimate of drug-likeness (QED) is 0.426. The summed E-state index contributed by atoms with van der Waals surface area (Å²) in [6, 6.07) is 5.01. The molecule has 1 aromatic rings. The highest BCUT2D eigenvalue weighted by Crippen LogP contribution is 2.21. The summed E-state index contributed by atoms with van der Waals surface area (Å²) in [4.78, 5) is 0. The van der Waals surface area contributed by atoms with E-state index in [0.29, 0.717) is 18.4 Å². The van der Waals surface area contributed by atoms with Crippen molar-refractivity contribution in [1.29, 1.82) is 0 Å². The smallest absolute Gasteiger partial charge is 0.121 e. The summed E-state index contributed by atoms with van der Waals surface area (Å²) in [5, 5.41) is 48.2. The van der Waals surface area contributed by atoms with E-state index in [1.165, 1.54) is 6.07 Å². The first-order valence-electron chi connectivity index (χ1n) is 8.40. The molecule has 0 spiro atoms. The zero-order valence-corrected chi connectivity index (χ0v) is 13.9. The van der Waals surface area contributed by atoms with Crippen LogP contribution in [-0.2, 0) is 13.0 Å². The van der Waals surface area contributed by atoms with Crippen molar-refractivity contribution in [3.8, 4) is 5.75 Å². The Hall–Kier alpha value is -1.14. The van der Waals surface area contributed by atoms with Crippen LogP contribution < -0.4 is 0 Å². The maximum Gasteiger partial charge on any atom is 0.121 e. The number of hydrogen-bond donors (Lipinski definition) is 5. The zero-order valence-electron chi connectivity index (χ0n) is 13.9. The summed E-state index contributed by atoms with van der Waals surface area (Å²) in [6.07, 6.45) is 2.72. The Balaban J connectivity index is 2.45. The molecule has 23 heavy (non-hydrogen) atoms. The molecule has 5 N–H and O–H groups in total. The van der Waals surface area contributed by atoms with E-state index in [-0.39, 0.29) is 31.3 Å². The van der Waals surface area contributed by atoms with Gasteiger partial charge in [0, 0.05) is 18.1 Å². The number of benzene rings is 1. The van der Waals surface area contributed by atoms with Gasteiger partial charge in [-0.2, -0.15) is 0 Å². The highest BCUT2D eigenvalue weighted by molar-refractivity contribution is 5.35. The maximum absolute atomic E-state index is 10.1. The van der Waals surface area contributed by atoms with Gasteiger partial charge in [0.2, 0.25) is 0 Å². The summed E-state index contributed by atoms with van der Waals surface area (Å²) < 4.78 is 0. The van der Waals surface area contributed by atoms with Gasteiger partial charge in [-0.05, 0) is 43.4 Å². The van der Waals surface area contributed by atoms with E-state index >= 15 is 0 Å². The lowest BCUT2D eigenvalue weighted by Gasteiger charge is -2.23. The Labute approximate surface area is 138 Å². The molecule has 1 aromatic carbocycles. The van der Waals surface area contributed by atoms with Gasteiger partial charge in [-0.15, -0.1) is 0 Å². The van der Waals surface area contributed by atoms with Gasteiger partial charge in [-0.1, -0.05) is 25.8 Å². The highest BCUT2D eigenvalue weighted by Gasteiger charge is 2.21. The molecule has 0 bridgehead atoms. The van der Waals surface area contributed by atoms with Crippen molar-refractivity contribution in [2.75, 3.05) is 6.61 Å². The monoisotopic (exact) mass is 326 g/mol. The molecule has 0 aromatic heterocycles. The third kappa shape index (κ3) is 6.87. The first-order valence-corrected chi connectivity index (χ1v) is 8.40. The molecule has 0 saturated heterocycles. The van der Waals surface area contributed by atoms with E-state index < -0.39 is 12.2 Å². The molecule has 132 valence electrons. The van der Waals surface area contributed by atoms with Gasteiger partial charge < -0.3 is 25.5 Å². The summed E-state index contributed by atoms with van der Waals surface area (Å²) >= 11 is 0. The molecule has 3 unspecified atom stereocenters. The van der Waals surface area contributed by atoms with E-state index in [4.69, 9.17) is 5.11 Å². The van der Waals surface area contributed by atoms with Crippen LogP contribution in [0.5, 0.6) is 5.75 Å². The molecule has 0 radical (unpaired) electrons. The molecular weight excluding hydrogens is 296 g/mol. The second-order valence-corrected chi connectivity index (χ2v) is 6.20. The normalized spacial score (nSPS) is 15.3. The molecule has 1 rings (SSSR count). The number of aliphatic hydroxyl groups is 4. The van der Waals surface area contributed by atoms with Crippen LogP contribution in [0.25, 0.3) is 0 Å². The number of rotatable bonds is 11. The van der Waals surface area contributed by atoms with E-state index in [1.54, 1.807) is 12.1 Å². The van der Waals surface area contributed by atoms with Crippen molar-refractivity contribution in [2.24, 2.45) is 5.92 Å². The van der Waals surface area contributed by atoms with Crippen LogP contribution >= 0.6 is 0 Å². The first-order chi connectivity index (χ1) is 11.0. The fourth-order valence-electron chi connectivity index (χ4n) is 2.72. The molecule has 0 saturated carbocycles. The number of aromatic hydroxyl groups is 1. The van der Waals surface area contributed by atoms with Crippen LogP contribution in [0.15, 0.2) is 18.2 Å². The van der Waals surface area contributed by atoms with Crippen molar-refractivity contribution < 1.29 is 25.5 Å². The highest BCUT2D eigenvalue weighted by atomic mass is 16.3. The van der Waals surface area contributed by atoms with Crippen LogP contribution in [0.1, 0.15) is 50.2 Å². The predicted molar refractivity (Wildman–Crippen MR) is 89.1 cm³/mol. The number of phenols is 1. The first kappa shape index (κ1) is 19.9. The average molecular weight is 326 g/mol. The fraction of sp³-hybridized carbons (Fsp3) is 0.667. The van der Waals surface area contributed by atoms with Crippen LogP contribution in [0.2, 0.25) is 0 Å². The minimum Gasteiger partial charge on any atom is -0.508 e. The Morgan fingerprint density at radius 3 is 2.43 bits per heavy atom. The van der Waals surface area contributed by atoms with Crippen LogP contribution in [-0.4, -0.2) is 44.3 Å². The number of aliphatic hydroxyl groups excluding tert-OH is 4. The fourth-order valence-corrected chi connectivity index (χ4v) is 2.72. The van der Waals surface area contributed by atoms with Crippen molar-refractivity contribution in [3.63, 3.8) is 0 Å². The van der Waals surface area contributed by atoms with E-state index in [0.717, 1.165) is 24.8 Å². The third-order valence-electron chi connectivity index (χ3n) is 4.30. The van der Waals surface area contributed by atoms with E-state index in [9.17, 15) is 20.4 Å². The van der Waals surface area contributed by atoms with Gasteiger partial charge in [0.25, 0.3) is 0 Å². The zero-order chi connectivity index (χ0) is 17.2. The largest absolute Gasteiger partial charge is 0.508 e. The number of unbranched alkanes of at least 4 members (excludes halogenated alkanes) is 1. The second kappa shape index (κ2) is 10.6. The molecule has 5 nitrogen and oxygen atoms in total. The molecular formula is C18H30O5. The molecule has 0 amide bonds. The summed E-state index contributed by atoms with van der Waals surface area (Å²) in [5.41, 5.74) is 1.39. The van der Waals surface area contributed by atoms with Crippen molar-refractivity contribution in [1.82, 2.24) is 0 Å². The Morgan fingerprint density at radius 1 is 1.09 bits per heavy atom. The van der Waals surface area contributed by atoms with E-state index in [1.807, 2.05) is 0 Å². The summed E-state index contributed by atoms with van der Waals surface area (Å²) in [5.74, 6) is -0.117. The Kier molecular flexibility index (Phi) is 9.17. The molecule has 5 heteroatoms.